The third-order valence-electron chi connectivity index (χ3n) is 11.2. The smallest absolute Gasteiger partial charge is 0.347 e. The standard InChI is InChI=1S/C37H31ClN6O5S/c1-18-24-15-19(38)9-12-29(24)50-32(18)26-17-30(41(4)39-26)43-33(46)25-16-27-23(13-14-42-35(48)40(3)36(49)44(27)42)31(37(25,2)34(43)47)22-10-11-28(45)21-8-6-5-7-20(21)22/h5-13,15,17,25,27,31,45H,14,16H2,1-4H3. The molecule has 13 heteroatoms. The summed E-state index contributed by atoms with van der Waals surface area (Å²) in [6, 6.07) is 17.7. The van der Waals surface area contributed by atoms with Gasteiger partial charge in [0.2, 0.25) is 11.8 Å². The van der Waals surface area contributed by atoms with Crippen LogP contribution in [0, 0.1) is 18.3 Å². The van der Waals surface area contributed by atoms with Gasteiger partial charge in [-0.3, -0.25) is 14.3 Å². The molecule has 1 aliphatic carbocycles. The molecule has 5 heterocycles. The van der Waals surface area contributed by atoms with Crippen LogP contribution in [0.15, 0.2) is 81.9 Å². The monoisotopic (exact) mass is 706 g/mol. The lowest BCUT2D eigenvalue weighted by molar-refractivity contribution is -0.129. The number of aromatic hydroxyl groups is 1. The van der Waals surface area contributed by atoms with Crippen molar-refractivity contribution in [1.82, 2.24) is 23.7 Å². The number of amides is 2. The van der Waals surface area contributed by atoms with Crippen LogP contribution < -0.4 is 16.3 Å². The van der Waals surface area contributed by atoms with Gasteiger partial charge in [-0.2, -0.15) is 5.10 Å². The molecule has 252 valence electrons. The predicted octanol–water partition coefficient (Wildman–Crippen LogP) is 5.65. The van der Waals surface area contributed by atoms with E-state index >= 15 is 4.79 Å². The maximum Gasteiger partial charge on any atom is 0.347 e. The molecule has 11 nitrogen and oxygen atoms in total. The van der Waals surface area contributed by atoms with E-state index in [1.165, 1.54) is 21.3 Å². The normalized spacial score (nSPS) is 23.0. The Morgan fingerprint density at radius 3 is 2.50 bits per heavy atom. The molecule has 3 aromatic heterocycles. The number of benzene rings is 3. The lowest BCUT2D eigenvalue weighted by atomic mass is 9.56. The number of aryl methyl sites for hydroxylation is 2. The Balaban J connectivity index is 1.23. The molecule has 3 aliphatic rings. The number of carbonyl (C=O) groups is 2. The van der Waals surface area contributed by atoms with Gasteiger partial charge in [-0.25, -0.2) is 28.4 Å². The first kappa shape index (κ1) is 30.8. The molecule has 1 saturated carbocycles. The van der Waals surface area contributed by atoms with Crippen LogP contribution in [0.3, 0.4) is 0 Å². The highest BCUT2D eigenvalue weighted by molar-refractivity contribution is 7.22. The first-order valence-electron chi connectivity index (χ1n) is 16.3. The largest absolute Gasteiger partial charge is 0.507 e. The van der Waals surface area contributed by atoms with Crippen LogP contribution in [0.4, 0.5) is 5.82 Å². The van der Waals surface area contributed by atoms with Crippen LogP contribution in [0.5, 0.6) is 5.75 Å². The minimum absolute atomic E-state index is 0.0980. The summed E-state index contributed by atoms with van der Waals surface area (Å²) in [7, 11) is 3.16. The molecule has 6 aromatic rings. The number of carbonyl (C=O) groups excluding carboxylic acids is 2. The molecule has 50 heavy (non-hydrogen) atoms. The molecule has 2 aliphatic heterocycles. The van der Waals surface area contributed by atoms with Gasteiger partial charge in [-0.15, -0.1) is 11.3 Å². The van der Waals surface area contributed by atoms with Gasteiger partial charge >= 0.3 is 11.4 Å². The van der Waals surface area contributed by atoms with Crippen LogP contribution in [-0.4, -0.2) is 40.6 Å². The molecule has 4 atom stereocenters. The summed E-state index contributed by atoms with van der Waals surface area (Å²) in [5.74, 6) is -1.80. The van der Waals surface area contributed by atoms with E-state index in [0.717, 1.165) is 41.6 Å². The molecule has 2 amide bonds. The number of allylic oxidation sites excluding steroid dienone is 2. The number of thiophene rings is 1. The zero-order chi connectivity index (χ0) is 35.0. The molecule has 3 aromatic carbocycles. The van der Waals surface area contributed by atoms with Crippen molar-refractivity contribution >= 4 is 61.4 Å². The number of anilines is 1. The number of hydrogen-bond acceptors (Lipinski definition) is 7. The Morgan fingerprint density at radius 1 is 0.960 bits per heavy atom. The quantitative estimate of drug-likeness (QED) is 0.188. The number of imide groups is 1. The second kappa shape index (κ2) is 10.4. The number of phenolic OH excluding ortho intramolecular Hbond substituents is 1. The van der Waals surface area contributed by atoms with E-state index in [2.05, 4.69) is 0 Å². The number of aromatic nitrogens is 5. The summed E-state index contributed by atoms with van der Waals surface area (Å²) in [6.07, 6.45) is 2.08. The Morgan fingerprint density at radius 2 is 1.72 bits per heavy atom. The summed E-state index contributed by atoms with van der Waals surface area (Å²) in [5.41, 5.74) is 1.00. The van der Waals surface area contributed by atoms with Crippen LogP contribution in [0.1, 0.15) is 36.4 Å². The van der Waals surface area contributed by atoms with Crippen molar-refractivity contribution in [2.75, 3.05) is 4.90 Å². The summed E-state index contributed by atoms with van der Waals surface area (Å²) >= 11 is 7.87. The van der Waals surface area contributed by atoms with E-state index in [-0.39, 0.29) is 30.5 Å². The minimum Gasteiger partial charge on any atom is -0.507 e. The highest BCUT2D eigenvalue weighted by Gasteiger charge is 2.66. The fourth-order valence-electron chi connectivity index (χ4n) is 8.72. The van der Waals surface area contributed by atoms with Crippen LogP contribution in [0.2, 0.25) is 5.02 Å². The minimum atomic E-state index is -1.27. The Kier molecular flexibility index (Phi) is 6.42. The SMILES string of the molecule is Cc1c(-c2cc(N3C(=O)C4CC5C(=CCn6c(=O)n(C)c(=O)n65)C(c5ccc(O)c6ccccc56)C4(C)C3=O)n(C)n2)sc2ccc(Cl)cc12. The second-order valence-electron chi connectivity index (χ2n) is 13.7. The van der Waals surface area contributed by atoms with Crippen molar-refractivity contribution in [2.45, 2.75) is 38.8 Å². The zero-order valence-electron chi connectivity index (χ0n) is 27.5. The van der Waals surface area contributed by atoms with Gasteiger partial charge in [-0.1, -0.05) is 48.0 Å². The number of halogens is 1. The van der Waals surface area contributed by atoms with Gasteiger partial charge < -0.3 is 5.11 Å². The summed E-state index contributed by atoms with van der Waals surface area (Å²) in [4.78, 5) is 58.7. The number of phenols is 1. The van der Waals surface area contributed by atoms with Gasteiger partial charge in [0.1, 0.15) is 17.3 Å². The predicted molar refractivity (Wildman–Crippen MR) is 192 cm³/mol. The molecular weight excluding hydrogens is 676 g/mol. The molecule has 1 saturated heterocycles. The van der Waals surface area contributed by atoms with Gasteiger partial charge in [-0.05, 0) is 72.0 Å². The molecule has 4 unspecified atom stereocenters. The molecule has 0 radical (unpaired) electrons. The number of hydrogen-bond donors (Lipinski definition) is 1. The van der Waals surface area contributed by atoms with Crippen LogP contribution in [0.25, 0.3) is 31.4 Å². The van der Waals surface area contributed by atoms with Crippen LogP contribution in [-0.2, 0) is 30.2 Å². The van der Waals surface area contributed by atoms with E-state index in [4.69, 9.17) is 16.7 Å². The van der Waals surface area contributed by atoms with E-state index in [1.54, 1.807) is 35.2 Å². The van der Waals surface area contributed by atoms with E-state index in [0.29, 0.717) is 21.9 Å². The third kappa shape index (κ3) is 3.88. The topological polar surface area (TPSA) is 124 Å². The maximum atomic E-state index is 15.1. The lowest BCUT2D eigenvalue weighted by Crippen LogP contribution is -2.49. The van der Waals surface area contributed by atoms with Crippen molar-refractivity contribution in [3.63, 3.8) is 0 Å². The third-order valence-corrected chi connectivity index (χ3v) is 12.7. The molecular formula is C37H31ClN6O5S. The van der Waals surface area contributed by atoms with E-state index < -0.39 is 34.7 Å². The Labute approximate surface area is 293 Å². The highest BCUT2D eigenvalue weighted by Crippen LogP contribution is 2.62. The first-order chi connectivity index (χ1) is 23.9. The van der Waals surface area contributed by atoms with E-state index in [9.17, 15) is 19.5 Å². The van der Waals surface area contributed by atoms with Crippen molar-refractivity contribution in [1.29, 1.82) is 0 Å². The first-order valence-corrected chi connectivity index (χ1v) is 17.5. The second-order valence-corrected chi connectivity index (χ2v) is 15.2. The van der Waals surface area contributed by atoms with Gasteiger partial charge in [0.05, 0.1) is 28.8 Å². The fourth-order valence-corrected chi connectivity index (χ4v) is 10.0. The molecule has 1 N–H and O–H groups in total. The summed E-state index contributed by atoms with van der Waals surface area (Å²) in [6.45, 7) is 3.99. The Bertz CT molecular complexity index is 2660. The lowest BCUT2D eigenvalue weighted by Gasteiger charge is -2.47. The van der Waals surface area contributed by atoms with Gasteiger partial charge in [0, 0.05) is 41.2 Å². The average Bonchev–Trinajstić information content (AvgIpc) is 3.76. The van der Waals surface area contributed by atoms with Crippen molar-refractivity contribution in [3.8, 4) is 16.3 Å². The van der Waals surface area contributed by atoms with E-state index in [1.807, 2.05) is 68.5 Å². The molecule has 0 spiro atoms. The summed E-state index contributed by atoms with van der Waals surface area (Å²) in [5, 5.41) is 18.6. The van der Waals surface area contributed by atoms with Crippen molar-refractivity contribution in [2.24, 2.45) is 25.4 Å². The zero-order valence-corrected chi connectivity index (χ0v) is 29.1. The highest BCUT2D eigenvalue weighted by atomic mass is 35.5. The van der Waals surface area contributed by atoms with Crippen molar-refractivity contribution in [3.05, 3.63) is 109 Å². The number of nitrogens with zero attached hydrogens (tertiary/aromatic N) is 6. The summed E-state index contributed by atoms with van der Waals surface area (Å²) < 4.78 is 6.55. The number of rotatable bonds is 3. The molecule has 0 bridgehead atoms. The van der Waals surface area contributed by atoms with Crippen LogP contribution >= 0.6 is 22.9 Å². The maximum absolute atomic E-state index is 15.1. The molecule has 2 fully saturated rings. The Hall–Kier alpha value is -5.20. The number of fused-ring (bicyclic) bond motifs is 6. The fraction of sp³-hybridized carbons (Fsp3) is 0.270. The van der Waals surface area contributed by atoms with Crippen molar-refractivity contribution < 1.29 is 14.7 Å². The van der Waals surface area contributed by atoms with Gasteiger partial charge in [0.25, 0.3) is 0 Å². The molecule has 9 rings (SSSR count). The average molecular weight is 707 g/mol. The van der Waals surface area contributed by atoms with Gasteiger partial charge in [0.15, 0.2) is 0 Å².